The molecule has 2 aromatic heterocycles. The number of rotatable bonds is 4. The third-order valence-corrected chi connectivity index (χ3v) is 16.5. The number of nitrogens with zero attached hydrogens (tertiary/aromatic N) is 2. The molecule has 0 aliphatic heterocycles. The standard InChI is InChI=1S/C70H62N2O6/c1-33-15-23-47-41(27-33)65(75)59-61(71-47)43-31-51(77-49-25-17-35(67(3,4)5)29-45(49)69(9,10)11)55-38-20-22-40-54-44(62-60(64(40)74)66(76)42-28-34(2)16-24-48(42)72-62)32-52(56(58(38)54)37-19-21-39(63(59)73)53(43)57(37)55)78-50-26-18-36(68(6,7)8)30-46(50)70(12,13)14/h15-32H,1-14H3,(H,71,75)(H,72,76). The van der Waals surface area contributed by atoms with Crippen molar-refractivity contribution in [1.82, 2.24) is 9.97 Å². The van der Waals surface area contributed by atoms with E-state index in [1.165, 1.54) is 11.1 Å². The number of carbonyl (C=O) groups excluding carboxylic acids is 2. The van der Waals surface area contributed by atoms with Crippen LogP contribution in [0.3, 0.4) is 0 Å². The van der Waals surface area contributed by atoms with Crippen molar-refractivity contribution in [2.24, 2.45) is 0 Å². The highest BCUT2D eigenvalue weighted by Crippen LogP contribution is 2.58. The number of hydrogen-bond acceptors (Lipinski definition) is 8. The molecule has 0 amide bonds. The minimum atomic E-state index is -0.341. The Labute approximate surface area is 454 Å². The largest absolute Gasteiger partial charge is 0.506 e. The molecule has 0 atom stereocenters. The fraction of sp³-hybridized carbons (Fsp3) is 0.257. The number of hydrogen-bond donors (Lipinski definition) is 2. The highest BCUT2D eigenvalue weighted by molar-refractivity contribution is 6.43. The third-order valence-electron chi connectivity index (χ3n) is 16.5. The summed E-state index contributed by atoms with van der Waals surface area (Å²) < 4.78 is 15.0. The van der Waals surface area contributed by atoms with Crippen molar-refractivity contribution in [3.05, 3.63) is 165 Å². The Morgan fingerprint density at radius 2 is 0.756 bits per heavy atom. The molecule has 2 N–H and O–H groups in total. The molecule has 9 aromatic carbocycles. The third kappa shape index (κ3) is 7.10. The molecule has 0 unspecified atom stereocenters. The van der Waals surface area contributed by atoms with Crippen LogP contribution >= 0.6 is 0 Å². The fourth-order valence-electron chi connectivity index (χ4n) is 12.3. The van der Waals surface area contributed by atoms with Crippen molar-refractivity contribution in [2.75, 3.05) is 0 Å². The molecule has 0 saturated carbocycles. The van der Waals surface area contributed by atoms with E-state index in [4.69, 9.17) is 19.4 Å². The van der Waals surface area contributed by atoms with Crippen LogP contribution in [-0.4, -0.2) is 31.7 Å². The van der Waals surface area contributed by atoms with Gasteiger partial charge in [-0.1, -0.05) is 143 Å². The summed E-state index contributed by atoms with van der Waals surface area (Å²) in [4.78, 5) is 41.1. The van der Waals surface area contributed by atoms with Crippen molar-refractivity contribution in [2.45, 2.75) is 119 Å². The molecule has 13 rings (SSSR count). The number of pyridine rings is 2. The van der Waals surface area contributed by atoms with E-state index in [9.17, 15) is 10.2 Å². The second kappa shape index (κ2) is 16.1. The molecular weight excluding hydrogens is 965 g/mol. The van der Waals surface area contributed by atoms with Gasteiger partial charge in [0, 0.05) is 76.5 Å². The average Bonchev–Trinajstić information content (AvgIpc) is 1.91. The topological polar surface area (TPSA) is 119 Å². The molecule has 0 radical (unpaired) electrons. The lowest BCUT2D eigenvalue weighted by molar-refractivity contribution is 0.102. The summed E-state index contributed by atoms with van der Waals surface area (Å²) in [7, 11) is 0. The Bertz CT molecular complexity index is 4260. The predicted octanol–water partition coefficient (Wildman–Crippen LogP) is 18.1. The zero-order valence-corrected chi connectivity index (χ0v) is 46.8. The van der Waals surface area contributed by atoms with Crippen molar-refractivity contribution in [3.63, 3.8) is 0 Å². The zero-order valence-electron chi connectivity index (χ0n) is 46.8. The Morgan fingerprint density at radius 3 is 1.12 bits per heavy atom. The zero-order chi connectivity index (χ0) is 55.2. The molecule has 2 aliphatic rings. The first kappa shape index (κ1) is 49.2. The average molecular weight is 1030 g/mol. The molecule has 8 heteroatoms. The maximum atomic E-state index is 15.3. The molecule has 8 nitrogen and oxygen atoms in total. The lowest BCUT2D eigenvalue weighted by Crippen LogP contribution is -2.17. The smallest absolute Gasteiger partial charge is 0.199 e. The maximum Gasteiger partial charge on any atom is 0.199 e. The highest BCUT2D eigenvalue weighted by Gasteiger charge is 2.38. The molecule has 2 heterocycles. The van der Waals surface area contributed by atoms with E-state index >= 15 is 9.59 Å². The summed E-state index contributed by atoms with van der Waals surface area (Å²) in [5.74, 6) is 1.47. The van der Waals surface area contributed by atoms with E-state index in [1.54, 1.807) is 0 Å². The second-order valence-electron chi connectivity index (χ2n) is 26.1. The maximum absolute atomic E-state index is 15.3. The minimum Gasteiger partial charge on any atom is -0.506 e. The van der Waals surface area contributed by atoms with Gasteiger partial charge in [-0.15, -0.1) is 0 Å². The van der Waals surface area contributed by atoms with Crippen molar-refractivity contribution >= 4 is 76.5 Å². The summed E-state index contributed by atoms with van der Waals surface area (Å²) in [6, 6.07) is 36.0. The van der Waals surface area contributed by atoms with Crippen LogP contribution in [0, 0.1) is 13.8 Å². The van der Waals surface area contributed by atoms with Gasteiger partial charge in [-0.25, -0.2) is 9.97 Å². The van der Waals surface area contributed by atoms with Crippen LogP contribution in [0.5, 0.6) is 34.5 Å². The number of ether oxygens (including phenoxy) is 2. The fourth-order valence-corrected chi connectivity index (χ4v) is 12.3. The van der Waals surface area contributed by atoms with Gasteiger partial charge < -0.3 is 19.7 Å². The van der Waals surface area contributed by atoms with Gasteiger partial charge in [0.25, 0.3) is 0 Å². The van der Waals surface area contributed by atoms with E-state index < -0.39 is 0 Å². The van der Waals surface area contributed by atoms with Gasteiger partial charge in [0.1, 0.15) is 34.5 Å². The summed E-state index contributed by atoms with van der Waals surface area (Å²) in [5.41, 5.74) is 9.57. The van der Waals surface area contributed by atoms with Gasteiger partial charge in [0.2, 0.25) is 0 Å². The number of ketones is 2. The van der Waals surface area contributed by atoms with E-state index in [2.05, 4.69) is 119 Å². The first-order chi connectivity index (χ1) is 36.7. The minimum absolute atomic E-state index is 0.113. The molecule has 11 aromatic rings. The van der Waals surface area contributed by atoms with Gasteiger partial charge in [0.15, 0.2) is 11.6 Å². The number of aromatic hydroxyl groups is 2. The van der Waals surface area contributed by atoms with Gasteiger partial charge in [0.05, 0.1) is 33.5 Å². The molecule has 0 bridgehead atoms. The first-order valence-electron chi connectivity index (χ1n) is 27.0. The number of aromatic nitrogens is 2. The first-order valence-corrected chi connectivity index (χ1v) is 27.0. The molecule has 0 spiro atoms. The lowest BCUT2D eigenvalue weighted by Gasteiger charge is -2.30. The van der Waals surface area contributed by atoms with Crippen LogP contribution in [-0.2, 0) is 21.7 Å². The number of fused-ring (bicyclic) bond motifs is 8. The van der Waals surface area contributed by atoms with E-state index in [1.807, 2.05) is 86.6 Å². The van der Waals surface area contributed by atoms with E-state index in [-0.39, 0.29) is 55.9 Å². The van der Waals surface area contributed by atoms with E-state index in [0.29, 0.717) is 89.2 Å². The summed E-state index contributed by atoms with van der Waals surface area (Å²) >= 11 is 0. The quantitative estimate of drug-likeness (QED) is 0.132. The van der Waals surface area contributed by atoms with Crippen LogP contribution in [0.1, 0.15) is 148 Å². The van der Waals surface area contributed by atoms with Crippen LogP contribution in [0.15, 0.2) is 109 Å². The highest BCUT2D eigenvalue weighted by atomic mass is 16.5. The SMILES string of the molecule is Cc1ccc2nc3c(c(O)c2c1)C(=O)c1ccc2c4c(Oc5ccc(C(C)(C)C)cc5C(C)(C)C)cc5c6c(ccc(c7c(Oc8ccc(C(C)(C)C)cc8C(C)(C)C)cc-3c1c27)c64)C(=O)c1c-5nc2ccc(C)cc2c1O. The van der Waals surface area contributed by atoms with Gasteiger partial charge in [-0.2, -0.15) is 0 Å². The Balaban J connectivity index is 1.22. The molecular formula is C70H62N2O6. The van der Waals surface area contributed by atoms with Crippen LogP contribution in [0.4, 0.5) is 0 Å². The molecule has 78 heavy (non-hydrogen) atoms. The summed E-state index contributed by atoms with van der Waals surface area (Å²) in [6.45, 7) is 30.3. The van der Waals surface area contributed by atoms with Crippen molar-refractivity contribution in [3.8, 4) is 57.0 Å². The second-order valence-corrected chi connectivity index (χ2v) is 26.1. The number of benzene rings is 9. The van der Waals surface area contributed by atoms with E-state index in [0.717, 1.165) is 54.6 Å². The van der Waals surface area contributed by atoms with Crippen LogP contribution in [0.2, 0.25) is 0 Å². The number of aryl methyl sites for hydroxylation is 2. The van der Waals surface area contributed by atoms with Crippen molar-refractivity contribution < 1.29 is 29.3 Å². The Hall–Kier alpha value is -8.36. The van der Waals surface area contributed by atoms with Gasteiger partial charge in [-0.05, 0) is 118 Å². The molecule has 0 fully saturated rings. The monoisotopic (exact) mass is 1030 g/mol. The lowest BCUT2D eigenvalue weighted by atomic mass is 9.77. The van der Waals surface area contributed by atoms with Gasteiger partial charge in [-0.3, -0.25) is 9.59 Å². The van der Waals surface area contributed by atoms with Crippen LogP contribution < -0.4 is 9.47 Å². The Kier molecular flexibility index (Phi) is 10.2. The molecule has 388 valence electrons. The summed E-state index contributed by atoms with van der Waals surface area (Å²) in [5, 5.41) is 31.3. The summed E-state index contributed by atoms with van der Waals surface area (Å²) in [6.07, 6.45) is 0. The van der Waals surface area contributed by atoms with Crippen molar-refractivity contribution in [1.29, 1.82) is 0 Å². The molecule has 0 saturated heterocycles. The van der Waals surface area contributed by atoms with Crippen LogP contribution in [0.25, 0.3) is 87.4 Å². The molecule has 2 aliphatic carbocycles. The Morgan fingerprint density at radius 1 is 0.372 bits per heavy atom. The normalized spacial score (nSPS) is 13.7. The van der Waals surface area contributed by atoms with Gasteiger partial charge >= 0.3 is 0 Å². The predicted molar refractivity (Wildman–Crippen MR) is 317 cm³/mol. The number of carbonyl (C=O) groups is 2.